The Hall–Kier alpha value is -1.78. The summed E-state index contributed by atoms with van der Waals surface area (Å²) in [6.07, 6.45) is 0. The largest absolute Gasteiger partial charge is 0.497 e. The quantitative estimate of drug-likeness (QED) is 0.691. The second-order valence-corrected chi connectivity index (χ2v) is 5.73. The van der Waals surface area contributed by atoms with E-state index >= 15 is 0 Å². The lowest BCUT2D eigenvalue weighted by Crippen LogP contribution is -2.06. The van der Waals surface area contributed by atoms with E-state index in [0.29, 0.717) is 9.79 Å². The normalized spacial score (nSPS) is 12.5. The van der Waals surface area contributed by atoms with E-state index in [1.165, 1.54) is 0 Å². The molecule has 1 aromatic heterocycles. The second-order valence-electron chi connectivity index (χ2n) is 4.91. The molecular formula is C16H15ClN2OS. The lowest BCUT2D eigenvalue weighted by atomic mass is 10.1. The maximum absolute atomic E-state index is 6.11. The van der Waals surface area contributed by atoms with Gasteiger partial charge in [-0.2, -0.15) is 0 Å². The van der Waals surface area contributed by atoms with E-state index in [-0.39, 0.29) is 6.04 Å². The molecule has 3 aromatic rings. The molecule has 3 nitrogen and oxygen atoms in total. The Balaban J connectivity index is 2.12. The van der Waals surface area contributed by atoms with Crippen LogP contribution in [0.25, 0.3) is 11.0 Å². The summed E-state index contributed by atoms with van der Waals surface area (Å²) in [6.45, 7) is 2.12. The van der Waals surface area contributed by atoms with Crippen LogP contribution in [0.4, 0.5) is 0 Å². The van der Waals surface area contributed by atoms with E-state index in [0.717, 1.165) is 22.3 Å². The first kappa shape index (κ1) is 14.2. The van der Waals surface area contributed by atoms with Crippen LogP contribution in [-0.2, 0) is 0 Å². The summed E-state index contributed by atoms with van der Waals surface area (Å²) in [6, 6.07) is 13.9. The van der Waals surface area contributed by atoms with Crippen molar-refractivity contribution in [1.29, 1.82) is 0 Å². The number of aromatic nitrogens is 2. The van der Waals surface area contributed by atoms with Crippen LogP contribution in [0.5, 0.6) is 5.75 Å². The summed E-state index contributed by atoms with van der Waals surface area (Å²) >= 11 is 11.6. The average molecular weight is 319 g/mol. The number of nitrogens with one attached hydrogen (secondary N) is 1. The fourth-order valence-electron chi connectivity index (χ4n) is 2.51. The summed E-state index contributed by atoms with van der Waals surface area (Å²) in [4.78, 5) is 3.22. The predicted molar refractivity (Wildman–Crippen MR) is 88.9 cm³/mol. The van der Waals surface area contributed by atoms with Crippen molar-refractivity contribution in [1.82, 2.24) is 9.55 Å². The minimum absolute atomic E-state index is 0.107. The number of benzene rings is 2. The number of H-pyrrole nitrogens is 1. The van der Waals surface area contributed by atoms with Crippen LogP contribution in [0.2, 0.25) is 5.02 Å². The van der Waals surface area contributed by atoms with Crippen LogP contribution >= 0.6 is 23.8 Å². The van der Waals surface area contributed by atoms with E-state index in [9.17, 15) is 0 Å². The molecule has 0 saturated heterocycles. The minimum Gasteiger partial charge on any atom is -0.497 e. The van der Waals surface area contributed by atoms with Crippen molar-refractivity contribution in [3.63, 3.8) is 0 Å². The first-order valence-electron chi connectivity index (χ1n) is 6.64. The molecular weight excluding hydrogens is 304 g/mol. The molecule has 1 atom stereocenters. The van der Waals surface area contributed by atoms with Gasteiger partial charge in [0.1, 0.15) is 5.75 Å². The van der Waals surface area contributed by atoms with Gasteiger partial charge in [0.05, 0.1) is 24.2 Å². The number of halogens is 1. The van der Waals surface area contributed by atoms with Crippen LogP contribution in [0.1, 0.15) is 18.5 Å². The standard InChI is InChI=1S/C16H15ClN2OS/c1-10(11-3-6-13(20-2)7-4-11)19-15-9-12(17)5-8-14(15)18-16(19)21/h3-10H,1-2H3,(H,18,21). The van der Waals surface area contributed by atoms with Gasteiger partial charge in [-0.1, -0.05) is 23.7 Å². The highest BCUT2D eigenvalue weighted by molar-refractivity contribution is 7.71. The van der Waals surface area contributed by atoms with Crippen molar-refractivity contribution >= 4 is 34.9 Å². The molecule has 2 aromatic carbocycles. The number of aromatic amines is 1. The van der Waals surface area contributed by atoms with E-state index in [1.54, 1.807) is 7.11 Å². The number of rotatable bonds is 3. The van der Waals surface area contributed by atoms with Gasteiger partial charge in [0.2, 0.25) is 0 Å². The van der Waals surface area contributed by atoms with Gasteiger partial charge in [-0.3, -0.25) is 0 Å². The van der Waals surface area contributed by atoms with Crippen molar-refractivity contribution in [2.75, 3.05) is 7.11 Å². The van der Waals surface area contributed by atoms with Crippen molar-refractivity contribution in [3.05, 3.63) is 57.8 Å². The Bertz CT molecular complexity index is 836. The Morgan fingerprint density at radius 2 is 1.90 bits per heavy atom. The minimum atomic E-state index is 0.107. The number of hydrogen-bond acceptors (Lipinski definition) is 2. The zero-order valence-corrected chi connectivity index (χ0v) is 13.3. The highest BCUT2D eigenvalue weighted by Gasteiger charge is 2.13. The van der Waals surface area contributed by atoms with Gasteiger partial charge in [0.25, 0.3) is 0 Å². The van der Waals surface area contributed by atoms with Gasteiger partial charge in [0, 0.05) is 5.02 Å². The molecule has 3 rings (SSSR count). The number of methoxy groups -OCH3 is 1. The van der Waals surface area contributed by atoms with E-state index in [1.807, 2.05) is 30.3 Å². The fourth-order valence-corrected chi connectivity index (χ4v) is 3.04. The molecule has 0 saturated carbocycles. The van der Waals surface area contributed by atoms with Crippen molar-refractivity contribution in [3.8, 4) is 5.75 Å². The van der Waals surface area contributed by atoms with Crippen LogP contribution in [0, 0.1) is 4.77 Å². The molecule has 0 spiro atoms. The molecule has 0 fully saturated rings. The zero-order chi connectivity index (χ0) is 15.0. The highest BCUT2D eigenvalue weighted by Crippen LogP contribution is 2.27. The topological polar surface area (TPSA) is 29.9 Å². The maximum Gasteiger partial charge on any atom is 0.178 e. The van der Waals surface area contributed by atoms with E-state index < -0.39 is 0 Å². The summed E-state index contributed by atoms with van der Waals surface area (Å²) in [5.74, 6) is 0.844. The number of fused-ring (bicyclic) bond motifs is 1. The predicted octanol–water partition coefficient (Wildman–Crippen LogP) is 4.97. The molecule has 1 unspecified atom stereocenters. The van der Waals surface area contributed by atoms with Gasteiger partial charge in [-0.05, 0) is 55.0 Å². The van der Waals surface area contributed by atoms with Crippen LogP contribution in [-0.4, -0.2) is 16.7 Å². The van der Waals surface area contributed by atoms with E-state index in [2.05, 4.69) is 28.6 Å². The van der Waals surface area contributed by atoms with Gasteiger partial charge in [-0.25, -0.2) is 0 Å². The molecule has 0 aliphatic carbocycles. The van der Waals surface area contributed by atoms with E-state index in [4.69, 9.17) is 28.6 Å². The van der Waals surface area contributed by atoms with Gasteiger partial charge in [-0.15, -0.1) is 0 Å². The van der Waals surface area contributed by atoms with Crippen molar-refractivity contribution in [2.24, 2.45) is 0 Å². The number of hydrogen-bond donors (Lipinski definition) is 1. The Morgan fingerprint density at radius 1 is 1.19 bits per heavy atom. The third-order valence-electron chi connectivity index (χ3n) is 3.67. The zero-order valence-electron chi connectivity index (χ0n) is 11.8. The van der Waals surface area contributed by atoms with Crippen LogP contribution in [0.3, 0.4) is 0 Å². The lowest BCUT2D eigenvalue weighted by Gasteiger charge is -2.15. The lowest BCUT2D eigenvalue weighted by molar-refractivity contribution is 0.414. The van der Waals surface area contributed by atoms with Crippen LogP contribution in [0.15, 0.2) is 42.5 Å². The monoisotopic (exact) mass is 318 g/mol. The molecule has 0 amide bonds. The van der Waals surface area contributed by atoms with Gasteiger partial charge in [0.15, 0.2) is 4.77 Å². The first-order valence-corrected chi connectivity index (χ1v) is 7.42. The number of imidazole rings is 1. The third kappa shape index (κ3) is 2.57. The fraction of sp³-hybridized carbons (Fsp3) is 0.188. The summed E-state index contributed by atoms with van der Waals surface area (Å²) in [5.41, 5.74) is 3.16. The summed E-state index contributed by atoms with van der Waals surface area (Å²) in [7, 11) is 1.66. The first-order chi connectivity index (χ1) is 10.1. The molecule has 0 radical (unpaired) electrons. The summed E-state index contributed by atoms with van der Waals surface area (Å²) < 4.78 is 7.97. The van der Waals surface area contributed by atoms with Crippen molar-refractivity contribution < 1.29 is 4.74 Å². The third-order valence-corrected chi connectivity index (χ3v) is 4.20. The Labute approximate surface area is 133 Å². The average Bonchev–Trinajstić information content (AvgIpc) is 2.82. The van der Waals surface area contributed by atoms with Gasteiger partial charge < -0.3 is 14.3 Å². The maximum atomic E-state index is 6.11. The molecule has 0 aliphatic heterocycles. The van der Waals surface area contributed by atoms with Gasteiger partial charge >= 0.3 is 0 Å². The smallest absolute Gasteiger partial charge is 0.178 e. The Morgan fingerprint density at radius 3 is 2.57 bits per heavy atom. The molecule has 1 N–H and O–H groups in total. The molecule has 5 heteroatoms. The number of nitrogens with zero attached hydrogens (tertiary/aromatic N) is 1. The number of ether oxygens (including phenoxy) is 1. The van der Waals surface area contributed by atoms with Crippen molar-refractivity contribution in [2.45, 2.75) is 13.0 Å². The molecule has 1 heterocycles. The summed E-state index contributed by atoms with van der Waals surface area (Å²) in [5, 5.41) is 0.701. The second kappa shape index (κ2) is 5.54. The molecule has 0 aliphatic rings. The molecule has 0 bridgehead atoms. The Kier molecular flexibility index (Phi) is 3.74. The van der Waals surface area contributed by atoms with Crippen LogP contribution < -0.4 is 4.74 Å². The molecule has 108 valence electrons. The SMILES string of the molecule is COc1ccc(C(C)n2c(=S)[nH]c3ccc(Cl)cc32)cc1. The molecule has 21 heavy (non-hydrogen) atoms. The highest BCUT2D eigenvalue weighted by atomic mass is 35.5.